The Bertz CT molecular complexity index is 820. The molecule has 0 atom stereocenters. The van der Waals surface area contributed by atoms with Gasteiger partial charge in [0, 0.05) is 24.4 Å². The summed E-state index contributed by atoms with van der Waals surface area (Å²) >= 11 is 0. The lowest BCUT2D eigenvalue weighted by molar-refractivity contribution is 0.415. The maximum absolute atomic E-state index is 5.23. The Labute approximate surface area is 141 Å². The molecule has 2 N–H and O–H groups in total. The van der Waals surface area contributed by atoms with E-state index in [1.165, 1.54) is 11.1 Å². The molecule has 3 aromatic rings. The van der Waals surface area contributed by atoms with Crippen LogP contribution in [0.25, 0.3) is 0 Å². The van der Waals surface area contributed by atoms with Crippen LogP contribution in [0.5, 0.6) is 5.75 Å². The highest BCUT2D eigenvalue weighted by atomic mass is 16.5. The van der Waals surface area contributed by atoms with Crippen molar-refractivity contribution in [3.8, 4) is 5.75 Å². The van der Waals surface area contributed by atoms with Crippen LogP contribution in [0.2, 0.25) is 0 Å². The average Bonchev–Trinajstić information content (AvgIpc) is 2.61. The monoisotopic (exact) mass is 320 g/mol. The van der Waals surface area contributed by atoms with Crippen LogP contribution in [0.1, 0.15) is 11.1 Å². The summed E-state index contributed by atoms with van der Waals surface area (Å²) in [7, 11) is 1.65. The van der Waals surface area contributed by atoms with Gasteiger partial charge in [0.05, 0.1) is 7.11 Å². The Morgan fingerprint density at radius 2 is 1.79 bits per heavy atom. The van der Waals surface area contributed by atoms with E-state index in [9.17, 15) is 0 Å². The largest absolute Gasteiger partial charge is 0.497 e. The second kappa shape index (κ2) is 7.46. The predicted octanol–water partition coefficient (Wildman–Crippen LogP) is 4.15. The molecule has 0 aliphatic carbocycles. The van der Waals surface area contributed by atoms with Crippen LogP contribution in [0.4, 0.5) is 17.3 Å². The van der Waals surface area contributed by atoms with Crippen LogP contribution >= 0.6 is 0 Å². The smallest absolute Gasteiger partial charge is 0.135 e. The number of anilines is 3. The minimum atomic E-state index is 0.720. The van der Waals surface area contributed by atoms with E-state index in [2.05, 4.69) is 51.8 Å². The lowest BCUT2D eigenvalue weighted by Gasteiger charge is -2.10. The molecule has 0 amide bonds. The maximum Gasteiger partial charge on any atom is 0.135 e. The van der Waals surface area contributed by atoms with Crippen LogP contribution in [0.15, 0.2) is 60.9 Å². The maximum atomic E-state index is 5.23. The second-order valence-corrected chi connectivity index (χ2v) is 5.49. The predicted molar refractivity (Wildman–Crippen MR) is 96.8 cm³/mol. The number of nitrogens with zero attached hydrogens (tertiary/aromatic N) is 2. The fourth-order valence-corrected chi connectivity index (χ4v) is 2.39. The van der Waals surface area contributed by atoms with Crippen molar-refractivity contribution < 1.29 is 4.74 Å². The summed E-state index contributed by atoms with van der Waals surface area (Å²) in [5.74, 6) is 2.30. The van der Waals surface area contributed by atoms with E-state index in [-0.39, 0.29) is 0 Å². The number of methoxy groups -OCH3 is 1. The summed E-state index contributed by atoms with van der Waals surface area (Å²) in [6.07, 6.45) is 1.54. The average molecular weight is 320 g/mol. The van der Waals surface area contributed by atoms with Crippen molar-refractivity contribution in [1.82, 2.24) is 9.97 Å². The summed E-state index contributed by atoms with van der Waals surface area (Å²) in [6.45, 7) is 2.81. The Morgan fingerprint density at radius 3 is 2.62 bits per heavy atom. The third-order valence-electron chi connectivity index (χ3n) is 3.57. The Hall–Kier alpha value is -3.08. The second-order valence-electron chi connectivity index (χ2n) is 5.49. The van der Waals surface area contributed by atoms with Crippen LogP contribution in [-0.4, -0.2) is 17.1 Å². The molecule has 0 bridgehead atoms. The summed E-state index contributed by atoms with van der Waals surface area (Å²) < 4.78 is 5.23. The normalized spacial score (nSPS) is 10.2. The molecule has 3 rings (SSSR count). The molecule has 24 heavy (non-hydrogen) atoms. The number of aryl methyl sites for hydroxylation is 1. The van der Waals surface area contributed by atoms with Gasteiger partial charge in [-0.1, -0.05) is 35.9 Å². The first-order chi connectivity index (χ1) is 11.7. The topological polar surface area (TPSA) is 59.1 Å². The number of hydrogen-bond acceptors (Lipinski definition) is 5. The van der Waals surface area contributed by atoms with Crippen molar-refractivity contribution in [2.45, 2.75) is 13.5 Å². The molecular formula is C19H20N4O. The molecule has 0 aliphatic heterocycles. The van der Waals surface area contributed by atoms with Gasteiger partial charge in [0.25, 0.3) is 0 Å². The zero-order chi connectivity index (χ0) is 16.8. The van der Waals surface area contributed by atoms with Gasteiger partial charge in [0.1, 0.15) is 23.7 Å². The summed E-state index contributed by atoms with van der Waals surface area (Å²) in [5.41, 5.74) is 3.38. The number of rotatable bonds is 6. The zero-order valence-electron chi connectivity index (χ0n) is 13.8. The molecule has 2 aromatic carbocycles. The van der Waals surface area contributed by atoms with E-state index in [0.717, 1.165) is 29.6 Å². The first kappa shape index (κ1) is 15.8. The number of benzene rings is 2. The Kier molecular flexibility index (Phi) is 4.91. The number of ether oxygens (including phenoxy) is 1. The minimum Gasteiger partial charge on any atom is -0.497 e. The lowest BCUT2D eigenvalue weighted by atomic mass is 10.1. The van der Waals surface area contributed by atoms with Gasteiger partial charge in [-0.2, -0.15) is 0 Å². The number of nitrogens with one attached hydrogen (secondary N) is 2. The molecule has 5 nitrogen and oxygen atoms in total. The first-order valence-corrected chi connectivity index (χ1v) is 7.75. The van der Waals surface area contributed by atoms with Gasteiger partial charge in [0.15, 0.2) is 0 Å². The molecule has 0 radical (unpaired) electrons. The SMILES string of the molecule is COc1cccc(Nc2cc(NCc3cccc(C)c3)ncn2)c1. The molecule has 0 saturated carbocycles. The van der Waals surface area contributed by atoms with Gasteiger partial charge in [-0.3, -0.25) is 0 Å². The molecule has 122 valence electrons. The van der Waals surface area contributed by atoms with E-state index >= 15 is 0 Å². The molecule has 1 aromatic heterocycles. The van der Waals surface area contributed by atoms with Crippen LogP contribution < -0.4 is 15.4 Å². The van der Waals surface area contributed by atoms with E-state index in [1.54, 1.807) is 13.4 Å². The van der Waals surface area contributed by atoms with E-state index in [4.69, 9.17) is 4.74 Å². The van der Waals surface area contributed by atoms with Gasteiger partial charge >= 0.3 is 0 Å². The standard InChI is InChI=1S/C19H20N4O/c1-14-5-3-6-15(9-14)12-20-18-11-19(22-13-21-18)23-16-7-4-8-17(10-16)24-2/h3-11,13H,12H2,1-2H3,(H2,20,21,22,23). The number of aromatic nitrogens is 2. The molecule has 0 saturated heterocycles. The fraction of sp³-hybridized carbons (Fsp3) is 0.158. The molecule has 0 spiro atoms. The lowest BCUT2D eigenvalue weighted by Crippen LogP contribution is -2.03. The molecule has 0 fully saturated rings. The summed E-state index contributed by atoms with van der Waals surface area (Å²) in [5, 5.41) is 6.58. The Morgan fingerprint density at radius 1 is 0.958 bits per heavy atom. The van der Waals surface area contributed by atoms with Crippen molar-refractivity contribution in [1.29, 1.82) is 0 Å². The minimum absolute atomic E-state index is 0.720. The van der Waals surface area contributed by atoms with Gasteiger partial charge in [-0.25, -0.2) is 9.97 Å². The van der Waals surface area contributed by atoms with Crippen LogP contribution in [0.3, 0.4) is 0 Å². The van der Waals surface area contributed by atoms with Crippen molar-refractivity contribution in [3.05, 3.63) is 72.1 Å². The highest BCUT2D eigenvalue weighted by molar-refractivity contribution is 5.60. The van der Waals surface area contributed by atoms with Gasteiger partial charge in [-0.15, -0.1) is 0 Å². The quantitative estimate of drug-likeness (QED) is 0.714. The molecule has 1 heterocycles. The zero-order valence-corrected chi connectivity index (χ0v) is 13.8. The highest BCUT2D eigenvalue weighted by Gasteiger charge is 2.01. The van der Waals surface area contributed by atoms with E-state index in [1.807, 2.05) is 30.3 Å². The molecule has 0 unspecified atom stereocenters. The molecular weight excluding hydrogens is 300 g/mol. The highest BCUT2D eigenvalue weighted by Crippen LogP contribution is 2.21. The van der Waals surface area contributed by atoms with Crippen molar-refractivity contribution in [2.75, 3.05) is 17.7 Å². The van der Waals surface area contributed by atoms with Crippen LogP contribution in [0, 0.1) is 6.92 Å². The Balaban J connectivity index is 1.67. The van der Waals surface area contributed by atoms with E-state index < -0.39 is 0 Å². The van der Waals surface area contributed by atoms with Crippen LogP contribution in [-0.2, 0) is 6.54 Å². The summed E-state index contributed by atoms with van der Waals surface area (Å²) in [4.78, 5) is 8.52. The van der Waals surface area contributed by atoms with Crippen molar-refractivity contribution in [3.63, 3.8) is 0 Å². The van der Waals surface area contributed by atoms with E-state index in [0.29, 0.717) is 0 Å². The van der Waals surface area contributed by atoms with Crippen molar-refractivity contribution in [2.24, 2.45) is 0 Å². The van der Waals surface area contributed by atoms with Gasteiger partial charge in [-0.05, 0) is 24.6 Å². The third-order valence-corrected chi connectivity index (χ3v) is 3.57. The number of hydrogen-bond donors (Lipinski definition) is 2. The van der Waals surface area contributed by atoms with Crippen molar-refractivity contribution >= 4 is 17.3 Å². The fourth-order valence-electron chi connectivity index (χ4n) is 2.39. The van der Waals surface area contributed by atoms with Gasteiger partial charge in [0.2, 0.25) is 0 Å². The van der Waals surface area contributed by atoms with Gasteiger partial charge < -0.3 is 15.4 Å². The molecule has 5 heteroatoms. The first-order valence-electron chi connectivity index (χ1n) is 7.75. The molecule has 0 aliphatic rings. The summed E-state index contributed by atoms with van der Waals surface area (Å²) in [6, 6.07) is 18.0. The third kappa shape index (κ3) is 4.23.